The molecule has 0 saturated heterocycles. The topological polar surface area (TPSA) is 70.9 Å². The summed E-state index contributed by atoms with van der Waals surface area (Å²) in [4.78, 5) is 11.8. The van der Waals surface area contributed by atoms with Gasteiger partial charge in [-0.2, -0.15) is 5.10 Å². The molecule has 2 N–H and O–H groups in total. The minimum atomic E-state index is -0.228. The molecular weight excluding hydrogens is 360 g/mol. The smallest absolute Gasteiger partial charge is 0.244 e. The number of amides is 1. The molecule has 2 aromatic rings. The van der Waals surface area contributed by atoms with Gasteiger partial charge in [0.05, 0.1) is 19.2 Å². The van der Waals surface area contributed by atoms with E-state index in [1.807, 2.05) is 31.2 Å². The van der Waals surface area contributed by atoms with E-state index < -0.39 is 0 Å². The van der Waals surface area contributed by atoms with E-state index in [1.165, 1.54) is 12.3 Å². The van der Waals surface area contributed by atoms with Crippen molar-refractivity contribution < 1.29 is 14.6 Å². The van der Waals surface area contributed by atoms with Gasteiger partial charge in [0.2, 0.25) is 5.91 Å². The maximum absolute atomic E-state index is 11.8. The number of hydrogen-bond donors (Lipinski definition) is 2. The Hall–Kier alpha value is -2.34. The van der Waals surface area contributed by atoms with Crippen molar-refractivity contribution in [2.45, 2.75) is 13.3 Å². The predicted octanol–water partition coefficient (Wildman–Crippen LogP) is 3.25. The zero-order valence-electron chi connectivity index (χ0n) is 12.6. The van der Waals surface area contributed by atoms with E-state index in [0.29, 0.717) is 17.9 Å². The van der Waals surface area contributed by atoms with E-state index in [0.717, 1.165) is 10.0 Å². The molecule has 2 rings (SSSR count). The Morgan fingerprint density at radius 3 is 2.70 bits per heavy atom. The number of aromatic hydroxyl groups is 1. The van der Waals surface area contributed by atoms with Crippen molar-refractivity contribution in [1.82, 2.24) is 5.43 Å². The minimum Gasteiger partial charge on any atom is -0.507 e. The lowest BCUT2D eigenvalue weighted by Crippen LogP contribution is -2.19. The molecule has 0 heterocycles. The molecule has 5 nitrogen and oxygen atoms in total. The van der Waals surface area contributed by atoms with Gasteiger partial charge in [0.25, 0.3) is 0 Å². The van der Waals surface area contributed by atoms with Crippen LogP contribution >= 0.6 is 15.9 Å². The van der Waals surface area contributed by atoms with Crippen LogP contribution in [0.2, 0.25) is 0 Å². The first kappa shape index (κ1) is 17.0. The van der Waals surface area contributed by atoms with E-state index in [-0.39, 0.29) is 18.1 Å². The summed E-state index contributed by atoms with van der Waals surface area (Å²) < 4.78 is 6.25. The van der Waals surface area contributed by atoms with Crippen LogP contribution in [0, 0.1) is 0 Å². The molecule has 0 unspecified atom stereocenters. The highest BCUT2D eigenvalue weighted by Gasteiger charge is 2.03. The average molecular weight is 377 g/mol. The van der Waals surface area contributed by atoms with E-state index in [1.54, 1.807) is 12.1 Å². The third-order valence-electron chi connectivity index (χ3n) is 2.98. The van der Waals surface area contributed by atoms with E-state index in [4.69, 9.17) is 4.74 Å². The first-order valence-corrected chi connectivity index (χ1v) is 7.90. The van der Waals surface area contributed by atoms with E-state index in [2.05, 4.69) is 26.5 Å². The zero-order chi connectivity index (χ0) is 16.7. The third kappa shape index (κ3) is 5.41. The maximum atomic E-state index is 11.8. The number of hydrogen-bond acceptors (Lipinski definition) is 4. The first-order valence-electron chi connectivity index (χ1n) is 7.10. The lowest BCUT2D eigenvalue weighted by molar-refractivity contribution is -0.120. The van der Waals surface area contributed by atoms with E-state index in [9.17, 15) is 9.90 Å². The van der Waals surface area contributed by atoms with Gasteiger partial charge in [-0.3, -0.25) is 4.79 Å². The largest absolute Gasteiger partial charge is 0.507 e. The number of phenolic OH excluding ortho intramolecular Hbond substituents is 1. The molecule has 0 bridgehead atoms. The molecule has 6 heteroatoms. The summed E-state index contributed by atoms with van der Waals surface area (Å²) in [6.07, 6.45) is 1.63. The van der Waals surface area contributed by atoms with Gasteiger partial charge < -0.3 is 9.84 Å². The second kappa shape index (κ2) is 8.33. The summed E-state index contributed by atoms with van der Waals surface area (Å²) in [6.45, 7) is 2.40. The van der Waals surface area contributed by atoms with Gasteiger partial charge >= 0.3 is 0 Å². The zero-order valence-corrected chi connectivity index (χ0v) is 14.2. The number of nitrogens with one attached hydrogen (secondary N) is 1. The van der Waals surface area contributed by atoms with Crippen LogP contribution in [-0.4, -0.2) is 23.8 Å². The summed E-state index contributed by atoms with van der Waals surface area (Å²) >= 11 is 3.34. The van der Waals surface area contributed by atoms with Crippen LogP contribution < -0.4 is 10.2 Å². The SMILES string of the molecule is CCOc1ccc(/C=N\NC(=O)Cc2ccc(Br)cc2)c(O)c1. The number of halogens is 1. The fourth-order valence-corrected chi connectivity index (χ4v) is 2.15. The Kier molecular flexibility index (Phi) is 6.17. The van der Waals surface area contributed by atoms with Gasteiger partial charge in [-0.05, 0) is 36.8 Å². The maximum Gasteiger partial charge on any atom is 0.244 e. The lowest BCUT2D eigenvalue weighted by atomic mass is 10.1. The van der Waals surface area contributed by atoms with Crippen molar-refractivity contribution >= 4 is 28.1 Å². The van der Waals surface area contributed by atoms with Crippen LogP contribution in [0.1, 0.15) is 18.1 Å². The molecule has 0 aliphatic rings. The normalized spacial score (nSPS) is 10.7. The highest BCUT2D eigenvalue weighted by atomic mass is 79.9. The van der Waals surface area contributed by atoms with Crippen molar-refractivity contribution in [1.29, 1.82) is 0 Å². The molecule has 120 valence electrons. The monoisotopic (exact) mass is 376 g/mol. The second-order valence-electron chi connectivity index (χ2n) is 4.75. The third-order valence-corrected chi connectivity index (χ3v) is 3.51. The molecule has 1 amide bonds. The number of carbonyl (C=O) groups is 1. The molecule has 0 fully saturated rings. The van der Waals surface area contributed by atoms with Crippen molar-refractivity contribution in [2.24, 2.45) is 5.10 Å². The molecule has 0 aliphatic heterocycles. The Morgan fingerprint density at radius 1 is 1.30 bits per heavy atom. The minimum absolute atomic E-state index is 0.0434. The van der Waals surface area contributed by atoms with Gasteiger partial charge in [-0.15, -0.1) is 0 Å². The molecule has 2 aromatic carbocycles. The molecule has 0 radical (unpaired) electrons. The fourth-order valence-electron chi connectivity index (χ4n) is 1.89. The number of phenols is 1. The number of nitrogens with zero attached hydrogens (tertiary/aromatic N) is 1. The highest BCUT2D eigenvalue weighted by molar-refractivity contribution is 9.10. The van der Waals surface area contributed by atoms with Gasteiger partial charge in [0.15, 0.2) is 0 Å². The molecular formula is C17H17BrN2O3. The Morgan fingerprint density at radius 2 is 2.04 bits per heavy atom. The Bertz CT molecular complexity index is 699. The molecule has 0 aliphatic carbocycles. The summed E-state index contributed by atoms with van der Waals surface area (Å²) in [5.41, 5.74) is 3.83. The van der Waals surface area contributed by atoms with Crippen LogP contribution in [0.25, 0.3) is 0 Å². The van der Waals surface area contributed by atoms with Gasteiger partial charge in [-0.25, -0.2) is 5.43 Å². The second-order valence-corrected chi connectivity index (χ2v) is 5.67. The Labute approximate surface area is 143 Å². The van der Waals surface area contributed by atoms with E-state index >= 15 is 0 Å². The molecule has 0 aromatic heterocycles. The Balaban J connectivity index is 1.90. The number of ether oxygens (including phenoxy) is 1. The van der Waals surface area contributed by atoms with Crippen LogP contribution in [0.3, 0.4) is 0 Å². The predicted molar refractivity (Wildman–Crippen MR) is 92.9 cm³/mol. The fraction of sp³-hybridized carbons (Fsp3) is 0.176. The van der Waals surface area contributed by atoms with Gasteiger partial charge in [0, 0.05) is 16.1 Å². The average Bonchev–Trinajstić information content (AvgIpc) is 2.52. The molecule has 0 saturated carbocycles. The lowest BCUT2D eigenvalue weighted by Gasteiger charge is -2.05. The van der Waals surface area contributed by atoms with Crippen LogP contribution in [0.15, 0.2) is 52.0 Å². The van der Waals surface area contributed by atoms with Crippen LogP contribution in [0.4, 0.5) is 0 Å². The number of hydrazone groups is 1. The summed E-state index contributed by atoms with van der Waals surface area (Å²) in [5, 5.41) is 13.7. The van der Waals surface area contributed by atoms with Crippen molar-refractivity contribution in [3.63, 3.8) is 0 Å². The number of benzene rings is 2. The van der Waals surface area contributed by atoms with Crippen molar-refractivity contribution in [3.8, 4) is 11.5 Å². The molecule has 0 spiro atoms. The summed E-state index contributed by atoms with van der Waals surface area (Å²) in [7, 11) is 0. The molecule has 23 heavy (non-hydrogen) atoms. The quantitative estimate of drug-likeness (QED) is 0.600. The van der Waals surface area contributed by atoms with Crippen LogP contribution in [0.5, 0.6) is 11.5 Å². The molecule has 0 atom stereocenters. The number of carbonyl (C=O) groups excluding carboxylic acids is 1. The standard InChI is InChI=1S/C17H17BrN2O3/c1-2-23-15-8-5-13(16(21)10-15)11-19-20-17(22)9-12-3-6-14(18)7-4-12/h3-8,10-11,21H,2,9H2,1H3,(H,20,22)/b19-11-. The first-order chi connectivity index (χ1) is 11.1. The number of rotatable bonds is 6. The summed E-state index contributed by atoms with van der Waals surface area (Å²) in [6, 6.07) is 12.4. The highest BCUT2D eigenvalue weighted by Crippen LogP contribution is 2.22. The van der Waals surface area contributed by atoms with Gasteiger partial charge in [-0.1, -0.05) is 28.1 Å². The van der Waals surface area contributed by atoms with Gasteiger partial charge in [0.1, 0.15) is 11.5 Å². The summed E-state index contributed by atoms with van der Waals surface area (Å²) in [5.74, 6) is 0.400. The van der Waals surface area contributed by atoms with Crippen LogP contribution in [-0.2, 0) is 11.2 Å². The van der Waals surface area contributed by atoms with Crippen molar-refractivity contribution in [3.05, 3.63) is 58.1 Å². The van der Waals surface area contributed by atoms with Crippen molar-refractivity contribution in [2.75, 3.05) is 6.61 Å².